The summed E-state index contributed by atoms with van der Waals surface area (Å²) in [7, 11) is 0. The smallest absolute Gasteiger partial charge is 0.306 e. The maximum absolute atomic E-state index is 12.9. The van der Waals surface area contributed by atoms with Crippen LogP contribution < -0.4 is 0 Å². The van der Waals surface area contributed by atoms with Crippen LogP contribution in [0.15, 0.2) is 72.9 Å². The van der Waals surface area contributed by atoms with Crippen molar-refractivity contribution in [3.8, 4) is 0 Å². The van der Waals surface area contributed by atoms with Gasteiger partial charge in [0.15, 0.2) is 6.10 Å². The minimum Gasteiger partial charge on any atom is -0.462 e. The molecule has 0 bridgehead atoms. The topological polar surface area (TPSA) is 78.9 Å². The number of carbonyl (C=O) groups excluding carboxylic acids is 3. The summed E-state index contributed by atoms with van der Waals surface area (Å²) < 4.78 is 16.9. The third-order valence-electron chi connectivity index (χ3n) is 13.4. The number of carbonyl (C=O) groups is 3. The highest BCUT2D eigenvalue weighted by molar-refractivity contribution is 5.71. The molecule has 72 heavy (non-hydrogen) atoms. The van der Waals surface area contributed by atoms with E-state index in [2.05, 4.69) is 93.7 Å². The van der Waals surface area contributed by atoms with Gasteiger partial charge in [0.25, 0.3) is 0 Å². The Morgan fingerprint density at radius 3 is 0.903 bits per heavy atom. The lowest BCUT2D eigenvalue weighted by Gasteiger charge is -2.18. The standard InChI is InChI=1S/C66H116O6/c1-4-7-10-13-16-19-22-24-26-28-30-32-34-35-37-39-41-44-47-50-53-56-59-65(68)71-62-63(61-70-64(67)58-55-52-49-46-43-21-18-15-12-9-6-3)72-66(69)60-57-54-51-48-45-42-40-38-36-33-31-29-27-25-23-20-17-14-11-8-5-2/h8,11,15,17-18,20,25,27,31,33,38,40,63H,4-7,9-10,12-14,16,19,21-24,26,28-30,32,34-37,39,41-62H2,1-3H3/b11-8-,18-15-,20-17-,27-25-,33-31-,40-38-. The van der Waals surface area contributed by atoms with Crippen molar-refractivity contribution in [2.24, 2.45) is 0 Å². The Morgan fingerprint density at radius 2 is 0.556 bits per heavy atom. The Labute approximate surface area is 446 Å². The zero-order chi connectivity index (χ0) is 52.2. The van der Waals surface area contributed by atoms with Gasteiger partial charge in [-0.1, -0.05) is 280 Å². The predicted octanol–water partition coefficient (Wildman–Crippen LogP) is 20.9. The molecule has 6 nitrogen and oxygen atoms in total. The first-order valence-corrected chi connectivity index (χ1v) is 30.9. The van der Waals surface area contributed by atoms with Crippen molar-refractivity contribution in [2.45, 2.75) is 316 Å². The molecule has 0 saturated heterocycles. The summed E-state index contributed by atoms with van der Waals surface area (Å²) in [6, 6.07) is 0. The van der Waals surface area contributed by atoms with E-state index in [1.807, 2.05) is 0 Å². The van der Waals surface area contributed by atoms with Gasteiger partial charge in [0.2, 0.25) is 0 Å². The maximum atomic E-state index is 12.9. The number of ether oxygens (including phenoxy) is 3. The van der Waals surface area contributed by atoms with Gasteiger partial charge in [-0.2, -0.15) is 0 Å². The first-order valence-electron chi connectivity index (χ1n) is 30.9. The molecule has 0 radical (unpaired) electrons. The molecule has 0 aromatic heterocycles. The molecule has 0 saturated carbocycles. The van der Waals surface area contributed by atoms with Crippen molar-refractivity contribution < 1.29 is 28.6 Å². The average Bonchev–Trinajstić information content (AvgIpc) is 3.38. The largest absolute Gasteiger partial charge is 0.462 e. The van der Waals surface area contributed by atoms with Crippen LogP contribution in [0, 0.1) is 0 Å². The Morgan fingerprint density at radius 1 is 0.292 bits per heavy atom. The van der Waals surface area contributed by atoms with Crippen molar-refractivity contribution in [1.82, 2.24) is 0 Å². The van der Waals surface area contributed by atoms with Crippen LogP contribution in [0.5, 0.6) is 0 Å². The number of rotatable bonds is 56. The van der Waals surface area contributed by atoms with E-state index in [1.54, 1.807) is 0 Å². The van der Waals surface area contributed by atoms with E-state index < -0.39 is 6.10 Å². The minimum atomic E-state index is -0.788. The lowest BCUT2D eigenvalue weighted by atomic mass is 10.0. The highest BCUT2D eigenvalue weighted by atomic mass is 16.6. The van der Waals surface area contributed by atoms with E-state index in [9.17, 15) is 14.4 Å². The predicted molar refractivity (Wildman–Crippen MR) is 311 cm³/mol. The van der Waals surface area contributed by atoms with Crippen molar-refractivity contribution in [3.63, 3.8) is 0 Å². The summed E-state index contributed by atoms with van der Waals surface area (Å²) in [5.41, 5.74) is 0. The summed E-state index contributed by atoms with van der Waals surface area (Å²) in [5.74, 6) is -0.900. The van der Waals surface area contributed by atoms with Crippen molar-refractivity contribution in [1.29, 1.82) is 0 Å². The fraction of sp³-hybridized carbons (Fsp3) is 0.773. The SMILES string of the molecule is CC/C=C\C/C=C\C/C=C\C/C=C\C/C=C\CCCCCCCC(=O)OC(COC(=O)CCCCCCC/C=C\CCCC)COC(=O)CCCCCCCCCCCCCCCCCCCCCCCC. The molecule has 0 aliphatic carbocycles. The summed E-state index contributed by atoms with van der Waals surface area (Å²) in [6.07, 6.45) is 77.7. The molecule has 0 aliphatic rings. The molecule has 0 amide bonds. The van der Waals surface area contributed by atoms with Gasteiger partial charge in [-0.15, -0.1) is 0 Å². The number of allylic oxidation sites excluding steroid dienone is 12. The fourth-order valence-corrected chi connectivity index (χ4v) is 8.81. The van der Waals surface area contributed by atoms with Gasteiger partial charge >= 0.3 is 17.9 Å². The first kappa shape index (κ1) is 68.8. The number of esters is 3. The zero-order valence-corrected chi connectivity index (χ0v) is 47.7. The molecule has 1 unspecified atom stereocenters. The summed E-state index contributed by atoms with van der Waals surface area (Å²) >= 11 is 0. The van der Waals surface area contributed by atoms with Crippen LogP contribution in [-0.2, 0) is 28.6 Å². The molecule has 0 aromatic rings. The van der Waals surface area contributed by atoms with E-state index in [0.717, 1.165) is 116 Å². The average molecular weight is 1010 g/mol. The second-order valence-electron chi connectivity index (χ2n) is 20.6. The Balaban J connectivity index is 4.31. The lowest BCUT2D eigenvalue weighted by Crippen LogP contribution is -2.30. The van der Waals surface area contributed by atoms with Crippen molar-refractivity contribution in [3.05, 3.63) is 72.9 Å². The molecular formula is C66H116O6. The Hall–Kier alpha value is -3.15. The van der Waals surface area contributed by atoms with Crippen molar-refractivity contribution in [2.75, 3.05) is 13.2 Å². The third-order valence-corrected chi connectivity index (χ3v) is 13.4. The van der Waals surface area contributed by atoms with Gasteiger partial charge in [-0.05, 0) is 83.5 Å². The van der Waals surface area contributed by atoms with E-state index in [4.69, 9.17) is 14.2 Å². The molecule has 0 N–H and O–H groups in total. The molecule has 0 heterocycles. The second-order valence-corrected chi connectivity index (χ2v) is 20.6. The van der Waals surface area contributed by atoms with Crippen molar-refractivity contribution >= 4 is 17.9 Å². The molecule has 0 aliphatic heterocycles. The van der Waals surface area contributed by atoms with Gasteiger partial charge in [0.1, 0.15) is 13.2 Å². The summed E-state index contributed by atoms with van der Waals surface area (Å²) in [6.45, 7) is 6.50. The van der Waals surface area contributed by atoms with Crippen LogP contribution in [0.3, 0.4) is 0 Å². The molecular weight excluding hydrogens is 889 g/mol. The molecule has 0 spiro atoms. The van der Waals surface area contributed by atoms with E-state index in [1.165, 1.54) is 154 Å². The fourth-order valence-electron chi connectivity index (χ4n) is 8.81. The zero-order valence-electron chi connectivity index (χ0n) is 47.7. The van der Waals surface area contributed by atoms with Crippen LogP contribution in [0.4, 0.5) is 0 Å². The van der Waals surface area contributed by atoms with Gasteiger partial charge < -0.3 is 14.2 Å². The van der Waals surface area contributed by atoms with Crippen LogP contribution >= 0.6 is 0 Å². The monoisotopic (exact) mass is 1000 g/mol. The highest BCUT2D eigenvalue weighted by Crippen LogP contribution is 2.17. The summed E-state index contributed by atoms with van der Waals surface area (Å²) in [5, 5.41) is 0. The van der Waals surface area contributed by atoms with Crippen LogP contribution in [0.25, 0.3) is 0 Å². The molecule has 0 aromatic carbocycles. The van der Waals surface area contributed by atoms with Gasteiger partial charge in [-0.3, -0.25) is 14.4 Å². The van der Waals surface area contributed by atoms with E-state index in [-0.39, 0.29) is 31.1 Å². The van der Waals surface area contributed by atoms with Crippen LogP contribution in [0.1, 0.15) is 310 Å². The lowest BCUT2D eigenvalue weighted by molar-refractivity contribution is -0.167. The number of unbranched alkanes of at least 4 members (excludes halogenated alkanes) is 33. The second kappa shape index (κ2) is 60.4. The van der Waals surface area contributed by atoms with E-state index >= 15 is 0 Å². The van der Waals surface area contributed by atoms with Gasteiger partial charge in [0.05, 0.1) is 0 Å². The number of hydrogen-bond acceptors (Lipinski definition) is 6. The quantitative estimate of drug-likeness (QED) is 0.0261. The molecule has 416 valence electrons. The summed E-state index contributed by atoms with van der Waals surface area (Å²) in [4.78, 5) is 38.2. The molecule has 0 fully saturated rings. The first-order chi connectivity index (χ1) is 35.5. The Bertz CT molecular complexity index is 1340. The number of hydrogen-bond donors (Lipinski definition) is 0. The van der Waals surface area contributed by atoms with Gasteiger partial charge in [0, 0.05) is 19.3 Å². The molecule has 6 heteroatoms. The maximum Gasteiger partial charge on any atom is 0.306 e. The highest BCUT2D eigenvalue weighted by Gasteiger charge is 2.19. The van der Waals surface area contributed by atoms with Gasteiger partial charge in [-0.25, -0.2) is 0 Å². The van der Waals surface area contributed by atoms with E-state index in [0.29, 0.717) is 19.3 Å². The molecule has 0 rings (SSSR count). The third kappa shape index (κ3) is 57.7. The molecule has 1 atom stereocenters. The minimum absolute atomic E-state index is 0.0835. The van der Waals surface area contributed by atoms with Crippen LogP contribution in [0.2, 0.25) is 0 Å². The normalized spacial score (nSPS) is 12.5. The van der Waals surface area contributed by atoms with Crippen LogP contribution in [-0.4, -0.2) is 37.2 Å². The Kier molecular flexibility index (Phi) is 57.8.